The molecule has 1 aliphatic heterocycles. The van der Waals surface area contributed by atoms with Crippen LogP contribution < -0.4 is 10.7 Å². The second-order valence-corrected chi connectivity index (χ2v) is 6.38. The lowest BCUT2D eigenvalue weighted by atomic mass is 10.1. The van der Waals surface area contributed by atoms with Crippen LogP contribution in [-0.4, -0.2) is 30.8 Å². The summed E-state index contributed by atoms with van der Waals surface area (Å²) in [5.74, 6) is -0.970. The van der Waals surface area contributed by atoms with Crippen LogP contribution in [-0.2, 0) is 19.1 Å². The summed E-state index contributed by atoms with van der Waals surface area (Å²) >= 11 is 0. The number of hydrazone groups is 1. The summed E-state index contributed by atoms with van der Waals surface area (Å²) in [6, 6.07) is 16.6. The summed E-state index contributed by atoms with van der Waals surface area (Å²) in [6.07, 6.45) is 0.380. The molecule has 1 heterocycles. The van der Waals surface area contributed by atoms with Crippen molar-refractivity contribution in [1.29, 1.82) is 0 Å². The fourth-order valence-electron chi connectivity index (χ4n) is 2.78. The zero-order valence-electron chi connectivity index (χ0n) is 16.4. The van der Waals surface area contributed by atoms with E-state index in [0.29, 0.717) is 23.4 Å². The number of nitrogens with one attached hydrogen (secondary N) is 2. The number of rotatable bonds is 7. The molecule has 3 rings (SSSR count). The first-order valence-corrected chi connectivity index (χ1v) is 9.38. The summed E-state index contributed by atoms with van der Waals surface area (Å²) in [4.78, 5) is 25.2. The highest BCUT2D eigenvalue weighted by Crippen LogP contribution is 2.23. The molecular formula is C22H23N3O4. The maximum Gasteiger partial charge on any atom is 0.359 e. The Morgan fingerprint density at radius 1 is 1.07 bits per heavy atom. The first-order chi connectivity index (χ1) is 14.1. The molecule has 0 unspecified atom stereocenters. The molecular weight excluding hydrogens is 370 g/mol. The Morgan fingerprint density at radius 3 is 2.48 bits per heavy atom. The van der Waals surface area contributed by atoms with Crippen LogP contribution in [0.5, 0.6) is 0 Å². The van der Waals surface area contributed by atoms with Crippen LogP contribution >= 0.6 is 0 Å². The molecule has 0 atom stereocenters. The lowest BCUT2D eigenvalue weighted by Gasteiger charge is -2.10. The molecule has 1 amide bonds. The highest BCUT2D eigenvalue weighted by molar-refractivity contribution is 6.44. The zero-order valence-corrected chi connectivity index (χ0v) is 16.4. The van der Waals surface area contributed by atoms with Crippen molar-refractivity contribution in [2.24, 2.45) is 5.10 Å². The monoisotopic (exact) mass is 393 g/mol. The van der Waals surface area contributed by atoms with Gasteiger partial charge in [-0.05, 0) is 38.1 Å². The van der Waals surface area contributed by atoms with Crippen molar-refractivity contribution in [3.05, 3.63) is 71.5 Å². The summed E-state index contributed by atoms with van der Waals surface area (Å²) in [5.41, 5.74) is 5.72. The van der Waals surface area contributed by atoms with Crippen LogP contribution in [0.3, 0.4) is 0 Å². The van der Waals surface area contributed by atoms with Gasteiger partial charge in [0.25, 0.3) is 5.91 Å². The van der Waals surface area contributed by atoms with Gasteiger partial charge in [-0.2, -0.15) is 5.10 Å². The molecule has 2 N–H and O–H groups in total. The standard InChI is InChI=1S/C22H23N3O4/c1-3-28-22(27)19(25-24-17-7-5-4-6-8-17)18-13-14-29-20(18)21(26)23-16-11-9-15(2)10-12-16/h4-12,24H,3,13-14H2,1-2H3,(H,23,26)/b25-19-. The van der Waals surface area contributed by atoms with Gasteiger partial charge in [-0.15, -0.1) is 0 Å². The van der Waals surface area contributed by atoms with Gasteiger partial charge in [0.15, 0.2) is 11.5 Å². The SMILES string of the molecule is CCOC(=O)/C(=N\Nc1ccccc1)C1=C(C(=O)Nc2ccc(C)cc2)OCC1. The molecule has 2 aromatic carbocycles. The third kappa shape index (κ3) is 5.22. The largest absolute Gasteiger partial charge is 0.487 e. The van der Waals surface area contributed by atoms with Gasteiger partial charge in [-0.25, -0.2) is 4.79 Å². The lowest BCUT2D eigenvalue weighted by Crippen LogP contribution is -2.24. The number of hydrogen-bond acceptors (Lipinski definition) is 6. The number of nitrogens with zero attached hydrogens (tertiary/aromatic N) is 1. The van der Waals surface area contributed by atoms with Crippen molar-refractivity contribution in [3.63, 3.8) is 0 Å². The van der Waals surface area contributed by atoms with Gasteiger partial charge in [0.2, 0.25) is 0 Å². The number of amides is 1. The van der Waals surface area contributed by atoms with E-state index in [1.807, 2.05) is 49.4 Å². The molecule has 7 heteroatoms. The quantitative estimate of drug-likeness (QED) is 0.426. The van der Waals surface area contributed by atoms with Crippen LogP contribution in [0.4, 0.5) is 11.4 Å². The van der Waals surface area contributed by atoms with E-state index in [-0.39, 0.29) is 24.7 Å². The highest BCUT2D eigenvalue weighted by atomic mass is 16.5. The number of anilines is 2. The molecule has 1 aliphatic rings. The second kappa shape index (κ2) is 9.54. The molecule has 0 saturated carbocycles. The minimum atomic E-state index is -0.614. The molecule has 2 aromatic rings. The Balaban J connectivity index is 1.88. The van der Waals surface area contributed by atoms with Gasteiger partial charge in [0.05, 0.1) is 18.9 Å². The molecule has 0 aliphatic carbocycles. The second-order valence-electron chi connectivity index (χ2n) is 6.38. The number of esters is 1. The van der Waals surface area contributed by atoms with E-state index < -0.39 is 11.9 Å². The normalized spacial score (nSPS) is 13.7. The Hall–Kier alpha value is -3.61. The summed E-state index contributed by atoms with van der Waals surface area (Å²) < 4.78 is 10.7. The molecule has 0 bridgehead atoms. The fraction of sp³-hybridized carbons (Fsp3) is 0.227. The van der Waals surface area contributed by atoms with E-state index in [4.69, 9.17) is 9.47 Å². The number of carbonyl (C=O) groups is 2. The van der Waals surface area contributed by atoms with Crippen molar-refractivity contribution >= 4 is 29.0 Å². The fourth-order valence-corrected chi connectivity index (χ4v) is 2.78. The van der Waals surface area contributed by atoms with Crippen LogP contribution in [0.1, 0.15) is 18.9 Å². The van der Waals surface area contributed by atoms with Gasteiger partial charge in [0, 0.05) is 17.7 Å². The number of benzene rings is 2. The Labute approximate surface area is 169 Å². The third-order valence-corrected chi connectivity index (χ3v) is 4.21. The van der Waals surface area contributed by atoms with E-state index >= 15 is 0 Å². The van der Waals surface area contributed by atoms with Crippen molar-refractivity contribution in [1.82, 2.24) is 0 Å². The summed E-state index contributed by atoms with van der Waals surface area (Å²) in [6.45, 7) is 4.16. The van der Waals surface area contributed by atoms with Crippen molar-refractivity contribution in [3.8, 4) is 0 Å². The number of carbonyl (C=O) groups excluding carboxylic acids is 2. The van der Waals surface area contributed by atoms with E-state index in [1.165, 1.54) is 0 Å². The number of aryl methyl sites for hydroxylation is 1. The van der Waals surface area contributed by atoms with Gasteiger partial charge in [0.1, 0.15) is 0 Å². The summed E-state index contributed by atoms with van der Waals surface area (Å²) in [5, 5.41) is 7.01. The molecule has 0 spiro atoms. The molecule has 0 aromatic heterocycles. The van der Waals surface area contributed by atoms with Crippen LogP contribution in [0.25, 0.3) is 0 Å². The highest BCUT2D eigenvalue weighted by Gasteiger charge is 2.31. The van der Waals surface area contributed by atoms with Crippen LogP contribution in [0, 0.1) is 6.92 Å². The van der Waals surface area contributed by atoms with Gasteiger partial charge in [-0.3, -0.25) is 10.2 Å². The Morgan fingerprint density at radius 2 is 1.79 bits per heavy atom. The van der Waals surface area contributed by atoms with E-state index in [9.17, 15) is 9.59 Å². The average molecular weight is 393 g/mol. The maximum absolute atomic E-state index is 12.7. The van der Waals surface area contributed by atoms with Crippen molar-refractivity contribution in [2.45, 2.75) is 20.3 Å². The zero-order chi connectivity index (χ0) is 20.6. The number of ether oxygens (including phenoxy) is 2. The first-order valence-electron chi connectivity index (χ1n) is 9.38. The number of para-hydroxylation sites is 1. The van der Waals surface area contributed by atoms with E-state index in [1.54, 1.807) is 19.1 Å². The predicted molar refractivity (Wildman–Crippen MR) is 112 cm³/mol. The molecule has 0 fully saturated rings. The lowest BCUT2D eigenvalue weighted by molar-refractivity contribution is -0.135. The van der Waals surface area contributed by atoms with Gasteiger partial charge >= 0.3 is 5.97 Å². The van der Waals surface area contributed by atoms with Gasteiger partial charge in [-0.1, -0.05) is 35.9 Å². The maximum atomic E-state index is 12.7. The van der Waals surface area contributed by atoms with Crippen LogP contribution in [0.15, 0.2) is 71.0 Å². The molecule has 150 valence electrons. The van der Waals surface area contributed by atoms with E-state index in [2.05, 4.69) is 15.8 Å². The van der Waals surface area contributed by atoms with Crippen LogP contribution in [0.2, 0.25) is 0 Å². The Kier molecular flexibility index (Phi) is 6.63. The third-order valence-electron chi connectivity index (χ3n) is 4.21. The minimum Gasteiger partial charge on any atom is -0.487 e. The topological polar surface area (TPSA) is 89.0 Å². The number of hydrogen-bond donors (Lipinski definition) is 2. The smallest absolute Gasteiger partial charge is 0.359 e. The Bertz CT molecular complexity index is 934. The predicted octanol–water partition coefficient (Wildman–Crippen LogP) is 3.64. The first kappa shape index (κ1) is 20.1. The molecule has 0 saturated heterocycles. The minimum absolute atomic E-state index is 0.0299. The van der Waals surface area contributed by atoms with Crippen molar-refractivity contribution in [2.75, 3.05) is 24.0 Å². The van der Waals surface area contributed by atoms with Gasteiger partial charge < -0.3 is 14.8 Å². The summed E-state index contributed by atoms with van der Waals surface area (Å²) in [7, 11) is 0. The van der Waals surface area contributed by atoms with E-state index in [0.717, 1.165) is 5.56 Å². The average Bonchev–Trinajstić information content (AvgIpc) is 3.20. The van der Waals surface area contributed by atoms with Crippen molar-refractivity contribution < 1.29 is 19.1 Å². The molecule has 7 nitrogen and oxygen atoms in total. The molecule has 0 radical (unpaired) electrons. The molecule has 29 heavy (non-hydrogen) atoms.